The van der Waals surface area contributed by atoms with E-state index in [0.29, 0.717) is 30.9 Å². The van der Waals surface area contributed by atoms with E-state index in [1.807, 2.05) is 13.8 Å². The van der Waals surface area contributed by atoms with Crippen LogP contribution in [0, 0.1) is 5.92 Å². The molecule has 0 spiro atoms. The molecule has 2 heterocycles. The standard InChI is InChI=1S/C15H22F2N2O/c1-11(2)9-12-5-4-7-19(14(12)20)13-6-8-18(3)10-15(13,16)17/h4-5,7,11,13H,6,8-10H2,1-3H3. The zero-order valence-electron chi connectivity index (χ0n) is 12.3. The molecular formula is C15H22F2N2O. The van der Waals surface area contributed by atoms with E-state index in [0.717, 1.165) is 0 Å². The second kappa shape index (κ2) is 5.64. The Kier molecular flexibility index (Phi) is 4.28. The fraction of sp³-hybridized carbons (Fsp3) is 0.667. The van der Waals surface area contributed by atoms with Gasteiger partial charge in [-0.25, -0.2) is 8.78 Å². The van der Waals surface area contributed by atoms with Crippen molar-refractivity contribution in [3.63, 3.8) is 0 Å². The van der Waals surface area contributed by atoms with Gasteiger partial charge in [0.25, 0.3) is 11.5 Å². The Hall–Kier alpha value is -1.23. The normalized spacial score (nSPS) is 23.2. The third-order valence-electron chi connectivity index (χ3n) is 3.77. The smallest absolute Gasteiger partial charge is 0.280 e. The van der Waals surface area contributed by atoms with Crippen molar-refractivity contribution in [2.45, 2.75) is 38.7 Å². The summed E-state index contributed by atoms with van der Waals surface area (Å²) in [5.74, 6) is -2.54. The highest BCUT2D eigenvalue weighted by molar-refractivity contribution is 5.12. The van der Waals surface area contributed by atoms with Crippen molar-refractivity contribution in [2.75, 3.05) is 20.1 Å². The van der Waals surface area contributed by atoms with Gasteiger partial charge in [0.2, 0.25) is 0 Å². The number of alkyl halides is 2. The van der Waals surface area contributed by atoms with Crippen LogP contribution in [0.5, 0.6) is 0 Å². The zero-order chi connectivity index (χ0) is 14.9. The summed E-state index contributed by atoms with van der Waals surface area (Å²) < 4.78 is 29.6. The van der Waals surface area contributed by atoms with Crippen LogP contribution in [0.15, 0.2) is 23.1 Å². The highest BCUT2D eigenvalue weighted by Crippen LogP contribution is 2.35. The van der Waals surface area contributed by atoms with Gasteiger partial charge in [-0.3, -0.25) is 4.79 Å². The van der Waals surface area contributed by atoms with Crippen LogP contribution >= 0.6 is 0 Å². The fourth-order valence-corrected chi connectivity index (χ4v) is 2.84. The molecule has 0 N–H and O–H groups in total. The van der Waals surface area contributed by atoms with Gasteiger partial charge in [0.1, 0.15) is 6.04 Å². The quantitative estimate of drug-likeness (QED) is 0.852. The van der Waals surface area contributed by atoms with E-state index in [1.54, 1.807) is 24.1 Å². The lowest BCUT2D eigenvalue weighted by atomic mass is 9.99. The second-order valence-electron chi connectivity index (χ2n) is 6.15. The fourth-order valence-electron chi connectivity index (χ4n) is 2.84. The number of pyridine rings is 1. The molecule has 1 saturated heterocycles. The lowest BCUT2D eigenvalue weighted by molar-refractivity contribution is -0.0989. The third kappa shape index (κ3) is 3.08. The maximum Gasteiger partial charge on any atom is 0.280 e. The molecule has 2 rings (SSSR count). The summed E-state index contributed by atoms with van der Waals surface area (Å²) in [7, 11) is 1.68. The summed E-state index contributed by atoms with van der Waals surface area (Å²) in [5, 5.41) is 0. The first-order chi connectivity index (χ1) is 9.31. The number of hydrogen-bond donors (Lipinski definition) is 0. The molecule has 0 bridgehead atoms. The first-order valence-corrected chi connectivity index (χ1v) is 7.07. The Balaban J connectivity index is 2.35. The minimum absolute atomic E-state index is 0.268. The zero-order valence-corrected chi connectivity index (χ0v) is 12.3. The molecule has 5 heteroatoms. The predicted molar refractivity (Wildman–Crippen MR) is 75.3 cm³/mol. The number of piperidine rings is 1. The monoisotopic (exact) mass is 284 g/mol. The first kappa shape index (κ1) is 15.2. The maximum absolute atomic E-state index is 14.2. The number of hydrogen-bond acceptors (Lipinski definition) is 2. The summed E-state index contributed by atoms with van der Waals surface area (Å²) in [6, 6.07) is 2.41. The number of likely N-dealkylation sites (tertiary alicyclic amines) is 1. The predicted octanol–water partition coefficient (Wildman–Crippen LogP) is 2.56. The summed E-state index contributed by atoms with van der Waals surface area (Å²) >= 11 is 0. The molecule has 0 radical (unpaired) electrons. The lowest BCUT2D eigenvalue weighted by Gasteiger charge is -2.37. The summed E-state index contributed by atoms with van der Waals surface area (Å²) in [5.41, 5.74) is 0.354. The highest BCUT2D eigenvalue weighted by atomic mass is 19.3. The molecule has 0 saturated carbocycles. The Bertz CT molecular complexity index is 525. The van der Waals surface area contributed by atoms with Gasteiger partial charge >= 0.3 is 0 Å². The largest absolute Gasteiger partial charge is 0.306 e. The van der Waals surface area contributed by atoms with Gasteiger partial charge in [0.15, 0.2) is 0 Å². The minimum atomic E-state index is -2.87. The van der Waals surface area contributed by atoms with E-state index in [-0.39, 0.29) is 12.1 Å². The van der Waals surface area contributed by atoms with Crippen LogP contribution in [-0.4, -0.2) is 35.5 Å². The van der Waals surface area contributed by atoms with Crippen molar-refractivity contribution in [3.8, 4) is 0 Å². The molecule has 112 valence electrons. The van der Waals surface area contributed by atoms with Crippen LogP contribution in [0.2, 0.25) is 0 Å². The van der Waals surface area contributed by atoms with E-state index in [1.165, 1.54) is 10.8 Å². The van der Waals surface area contributed by atoms with Crippen LogP contribution in [-0.2, 0) is 6.42 Å². The van der Waals surface area contributed by atoms with Gasteiger partial charge in [0, 0.05) is 18.3 Å². The molecule has 1 fully saturated rings. The highest BCUT2D eigenvalue weighted by Gasteiger charge is 2.45. The molecule has 1 aromatic heterocycles. The van der Waals surface area contributed by atoms with E-state index < -0.39 is 12.0 Å². The van der Waals surface area contributed by atoms with Crippen molar-refractivity contribution >= 4 is 0 Å². The van der Waals surface area contributed by atoms with Gasteiger partial charge in [-0.2, -0.15) is 0 Å². The van der Waals surface area contributed by atoms with Gasteiger partial charge < -0.3 is 9.47 Å². The van der Waals surface area contributed by atoms with Crippen LogP contribution < -0.4 is 5.56 Å². The molecule has 1 atom stereocenters. The van der Waals surface area contributed by atoms with E-state index in [2.05, 4.69) is 0 Å². The van der Waals surface area contributed by atoms with Crippen LogP contribution in [0.4, 0.5) is 8.78 Å². The van der Waals surface area contributed by atoms with Gasteiger partial charge in [-0.15, -0.1) is 0 Å². The van der Waals surface area contributed by atoms with Crippen LogP contribution in [0.1, 0.15) is 31.9 Å². The molecular weight excluding hydrogens is 262 g/mol. The molecule has 0 aromatic carbocycles. The SMILES string of the molecule is CC(C)Cc1cccn(C2CCN(C)CC2(F)F)c1=O. The van der Waals surface area contributed by atoms with Crippen molar-refractivity contribution < 1.29 is 8.78 Å². The van der Waals surface area contributed by atoms with Crippen molar-refractivity contribution in [2.24, 2.45) is 5.92 Å². The molecule has 1 aromatic rings. The van der Waals surface area contributed by atoms with E-state index in [9.17, 15) is 13.6 Å². The molecule has 3 nitrogen and oxygen atoms in total. The average Bonchev–Trinajstić information content (AvgIpc) is 2.31. The molecule has 1 aliphatic rings. The van der Waals surface area contributed by atoms with Crippen molar-refractivity contribution in [3.05, 3.63) is 34.2 Å². The van der Waals surface area contributed by atoms with Crippen LogP contribution in [0.25, 0.3) is 0 Å². The Morgan fingerprint density at radius 1 is 1.45 bits per heavy atom. The topological polar surface area (TPSA) is 25.2 Å². The molecule has 1 aliphatic heterocycles. The van der Waals surface area contributed by atoms with E-state index >= 15 is 0 Å². The van der Waals surface area contributed by atoms with Crippen molar-refractivity contribution in [1.82, 2.24) is 9.47 Å². The third-order valence-corrected chi connectivity index (χ3v) is 3.77. The number of rotatable bonds is 3. The number of halogens is 2. The lowest BCUT2D eigenvalue weighted by Crippen LogP contribution is -2.49. The summed E-state index contributed by atoms with van der Waals surface area (Å²) in [6.45, 7) is 4.32. The molecule has 0 amide bonds. The Morgan fingerprint density at radius 3 is 2.75 bits per heavy atom. The van der Waals surface area contributed by atoms with Crippen molar-refractivity contribution in [1.29, 1.82) is 0 Å². The minimum Gasteiger partial charge on any atom is -0.306 e. The van der Waals surface area contributed by atoms with Gasteiger partial charge in [0.05, 0.1) is 6.54 Å². The molecule has 0 aliphatic carbocycles. The van der Waals surface area contributed by atoms with Crippen LogP contribution in [0.3, 0.4) is 0 Å². The van der Waals surface area contributed by atoms with E-state index in [4.69, 9.17) is 0 Å². The summed E-state index contributed by atoms with van der Waals surface area (Å²) in [4.78, 5) is 14.0. The molecule has 1 unspecified atom stereocenters. The van der Waals surface area contributed by atoms with Gasteiger partial charge in [-0.1, -0.05) is 19.9 Å². The molecule has 20 heavy (non-hydrogen) atoms. The van der Waals surface area contributed by atoms with Gasteiger partial charge in [-0.05, 0) is 31.9 Å². The average molecular weight is 284 g/mol. The number of aromatic nitrogens is 1. The Morgan fingerprint density at radius 2 is 2.15 bits per heavy atom. The summed E-state index contributed by atoms with van der Waals surface area (Å²) in [6.07, 6.45) is 2.42. The number of nitrogens with zero attached hydrogens (tertiary/aromatic N) is 2. The second-order valence-corrected chi connectivity index (χ2v) is 6.15. The maximum atomic E-state index is 14.2. The first-order valence-electron chi connectivity index (χ1n) is 7.07. The Labute approximate surface area is 118 Å².